The molecule has 2 aromatic carbocycles. The molecule has 36 heavy (non-hydrogen) atoms. The summed E-state index contributed by atoms with van der Waals surface area (Å²) in [6, 6.07) is 13.4. The van der Waals surface area contributed by atoms with Gasteiger partial charge in [0.15, 0.2) is 0 Å². The first-order valence-electron chi connectivity index (χ1n) is 12.3. The summed E-state index contributed by atoms with van der Waals surface area (Å²) in [5, 5.41) is 8.23. The zero-order valence-corrected chi connectivity index (χ0v) is 21.1. The van der Waals surface area contributed by atoms with Crippen LogP contribution in [-0.4, -0.2) is 65.9 Å². The molecule has 1 saturated heterocycles. The molecule has 1 aliphatic heterocycles. The second-order valence-corrected chi connectivity index (χ2v) is 9.02. The van der Waals surface area contributed by atoms with E-state index < -0.39 is 5.97 Å². The Bertz CT molecular complexity index is 1310. The van der Waals surface area contributed by atoms with Gasteiger partial charge in [-0.15, -0.1) is 0 Å². The fourth-order valence-corrected chi connectivity index (χ4v) is 4.54. The molecular weight excluding hydrogens is 458 g/mol. The number of carbonyl (C=O) groups excluding carboxylic acids is 2. The second kappa shape index (κ2) is 11.3. The second-order valence-electron chi connectivity index (χ2n) is 9.02. The van der Waals surface area contributed by atoms with Crippen LogP contribution in [0.3, 0.4) is 0 Å². The van der Waals surface area contributed by atoms with Crippen molar-refractivity contribution in [3.05, 3.63) is 69.6 Å². The minimum atomic E-state index is -0.413. The molecule has 2 heterocycles. The van der Waals surface area contributed by atoms with E-state index in [0.29, 0.717) is 16.5 Å². The summed E-state index contributed by atoms with van der Waals surface area (Å²) in [5.41, 5.74) is 3.94. The van der Waals surface area contributed by atoms with Gasteiger partial charge in [0, 0.05) is 37.3 Å². The van der Waals surface area contributed by atoms with Crippen molar-refractivity contribution in [3.63, 3.8) is 0 Å². The van der Waals surface area contributed by atoms with Crippen LogP contribution in [0.2, 0.25) is 0 Å². The predicted octanol–water partition coefficient (Wildman–Crippen LogP) is 2.01. The highest BCUT2D eigenvalue weighted by atomic mass is 16.5. The number of carbonyl (C=O) groups is 2. The standard InChI is InChI=1S/C27H33N5O4/c1-4-36-26(34)16-23-21-9-5-6-10-22(21)27(35)32(29-23)18-28-25(33)17-30-12-14-31(15-13-30)24-11-7-8-19(2)20(24)3/h5-11H,4,12-18H2,1-3H3,(H,28,33). The highest BCUT2D eigenvalue weighted by Gasteiger charge is 2.21. The van der Waals surface area contributed by atoms with Crippen LogP contribution < -0.4 is 15.8 Å². The maximum atomic E-state index is 12.9. The van der Waals surface area contributed by atoms with E-state index in [-0.39, 0.29) is 37.7 Å². The normalized spacial score (nSPS) is 14.1. The first kappa shape index (κ1) is 25.4. The SMILES string of the molecule is CCOC(=O)Cc1nn(CNC(=O)CN2CCN(c3cccc(C)c3C)CC2)c(=O)c2ccccc12. The molecule has 0 saturated carbocycles. The third-order valence-electron chi connectivity index (χ3n) is 6.64. The van der Waals surface area contributed by atoms with Gasteiger partial charge in [0.1, 0.15) is 6.67 Å². The van der Waals surface area contributed by atoms with E-state index in [1.807, 2.05) is 0 Å². The molecule has 1 N–H and O–H groups in total. The quantitative estimate of drug-likeness (QED) is 0.482. The van der Waals surface area contributed by atoms with Crippen molar-refractivity contribution in [3.8, 4) is 0 Å². The number of fused-ring (bicyclic) bond motifs is 1. The molecule has 0 atom stereocenters. The lowest BCUT2D eigenvalue weighted by atomic mass is 10.1. The van der Waals surface area contributed by atoms with Crippen LogP contribution >= 0.6 is 0 Å². The van der Waals surface area contributed by atoms with Gasteiger partial charge >= 0.3 is 5.97 Å². The Morgan fingerprint density at radius 2 is 1.72 bits per heavy atom. The van der Waals surface area contributed by atoms with Gasteiger partial charge < -0.3 is 15.0 Å². The zero-order valence-electron chi connectivity index (χ0n) is 21.1. The summed E-state index contributed by atoms with van der Waals surface area (Å²) in [7, 11) is 0. The van der Waals surface area contributed by atoms with Gasteiger partial charge in [0.2, 0.25) is 5.91 Å². The van der Waals surface area contributed by atoms with Crippen molar-refractivity contribution in [2.24, 2.45) is 0 Å². The number of ether oxygens (including phenoxy) is 1. The van der Waals surface area contributed by atoms with Crippen LogP contribution in [0.5, 0.6) is 0 Å². The predicted molar refractivity (Wildman–Crippen MR) is 139 cm³/mol. The molecular formula is C27H33N5O4. The highest BCUT2D eigenvalue weighted by Crippen LogP contribution is 2.23. The largest absolute Gasteiger partial charge is 0.466 e. The van der Waals surface area contributed by atoms with Crippen molar-refractivity contribution >= 4 is 28.3 Å². The lowest BCUT2D eigenvalue weighted by molar-refractivity contribution is -0.142. The van der Waals surface area contributed by atoms with Gasteiger partial charge in [-0.05, 0) is 44.0 Å². The average molecular weight is 492 g/mol. The summed E-state index contributed by atoms with van der Waals surface area (Å²) in [6.45, 7) is 9.70. The summed E-state index contributed by atoms with van der Waals surface area (Å²) in [6.07, 6.45) is -0.0483. The number of nitrogens with zero attached hydrogens (tertiary/aromatic N) is 4. The number of piperazine rings is 1. The zero-order chi connectivity index (χ0) is 25.7. The fourth-order valence-electron chi connectivity index (χ4n) is 4.54. The molecule has 3 aromatic rings. The van der Waals surface area contributed by atoms with E-state index in [1.165, 1.54) is 21.5 Å². The van der Waals surface area contributed by atoms with Crippen LogP contribution in [0.4, 0.5) is 5.69 Å². The van der Waals surface area contributed by atoms with Crippen LogP contribution in [0.15, 0.2) is 47.3 Å². The molecule has 190 valence electrons. The van der Waals surface area contributed by atoms with Gasteiger partial charge in [-0.1, -0.05) is 30.3 Å². The Morgan fingerprint density at radius 1 is 1.00 bits per heavy atom. The lowest BCUT2D eigenvalue weighted by Crippen LogP contribution is -2.50. The van der Waals surface area contributed by atoms with E-state index in [0.717, 1.165) is 26.2 Å². The molecule has 0 aliphatic carbocycles. The van der Waals surface area contributed by atoms with E-state index >= 15 is 0 Å². The van der Waals surface area contributed by atoms with Crippen molar-refractivity contribution in [2.75, 3.05) is 44.2 Å². The lowest BCUT2D eigenvalue weighted by Gasteiger charge is -2.36. The van der Waals surface area contributed by atoms with Crippen LogP contribution in [0, 0.1) is 13.8 Å². The van der Waals surface area contributed by atoms with Crippen LogP contribution in [0.1, 0.15) is 23.7 Å². The number of benzene rings is 2. The van der Waals surface area contributed by atoms with Gasteiger partial charge in [0.05, 0.1) is 30.7 Å². The minimum absolute atomic E-state index is 0.0483. The first-order valence-corrected chi connectivity index (χ1v) is 12.3. The number of hydrogen-bond acceptors (Lipinski definition) is 7. The first-order chi connectivity index (χ1) is 17.4. The van der Waals surface area contributed by atoms with Crippen molar-refractivity contribution in [1.82, 2.24) is 20.0 Å². The maximum Gasteiger partial charge on any atom is 0.311 e. The minimum Gasteiger partial charge on any atom is -0.466 e. The van der Waals surface area contributed by atoms with Gasteiger partial charge in [-0.25, -0.2) is 4.68 Å². The van der Waals surface area contributed by atoms with Gasteiger partial charge in [-0.3, -0.25) is 19.3 Å². The Hall–Kier alpha value is -3.72. The Balaban J connectivity index is 1.37. The van der Waals surface area contributed by atoms with E-state index in [4.69, 9.17) is 4.74 Å². The van der Waals surface area contributed by atoms with Crippen molar-refractivity contribution in [1.29, 1.82) is 0 Å². The Kier molecular flexibility index (Phi) is 8.00. The van der Waals surface area contributed by atoms with Crippen molar-refractivity contribution < 1.29 is 14.3 Å². The Labute approximate surface area is 210 Å². The maximum absolute atomic E-state index is 12.9. The number of esters is 1. The molecule has 0 bridgehead atoms. The number of nitrogens with one attached hydrogen (secondary N) is 1. The van der Waals surface area contributed by atoms with Gasteiger partial charge in [-0.2, -0.15) is 5.10 Å². The number of rotatable bonds is 8. The number of amides is 1. The summed E-state index contributed by atoms with van der Waals surface area (Å²) in [5.74, 6) is -0.589. The van der Waals surface area contributed by atoms with Crippen LogP contribution in [-0.2, 0) is 27.4 Å². The monoisotopic (exact) mass is 491 g/mol. The fraction of sp³-hybridized carbons (Fsp3) is 0.407. The highest BCUT2D eigenvalue weighted by molar-refractivity contribution is 5.87. The summed E-state index contributed by atoms with van der Waals surface area (Å²) >= 11 is 0. The van der Waals surface area contributed by atoms with Gasteiger partial charge in [0.25, 0.3) is 5.56 Å². The third kappa shape index (κ3) is 5.73. The molecule has 0 spiro atoms. The average Bonchev–Trinajstić information content (AvgIpc) is 2.87. The summed E-state index contributed by atoms with van der Waals surface area (Å²) in [4.78, 5) is 42.1. The molecule has 9 nitrogen and oxygen atoms in total. The smallest absolute Gasteiger partial charge is 0.311 e. The van der Waals surface area contributed by atoms with E-state index in [9.17, 15) is 14.4 Å². The molecule has 9 heteroatoms. The molecule has 1 amide bonds. The summed E-state index contributed by atoms with van der Waals surface area (Å²) < 4.78 is 6.25. The molecule has 4 rings (SSSR count). The molecule has 0 unspecified atom stereocenters. The number of aryl methyl sites for hydroxylation is 1. The van der Waals surface area contributed by atoms with E-state index in [1.54, 1.807) is 31.2 Å². The number of aromatic nitrogens is 2. The molecule has 1 aromatic heterocycles. The molecule has 0 radical (unpaired) electrons. The third-order valence-corrected chi connectivity index (χ3v) is 6.64. The Morgan fingerprint density at radius 3 is 2.44 bits per heavy atom. The molecule has 1 aliphatic rings. The van der Waals surface area contributed by atoms with Crippen LogP contribution in [0.25, 0.3) is 10.8 Å². The number of hydrogen-bond donors (Lipinski definition) is 1. The van der Waals surface area contributed by atoms with Crippen molar-refractivity contribution in [2.45, 2.75) is 33.9 Å². The number of anilines is 1. The van der Waals surface area contributed by atoms with E-state index in [2.05, 4.69) is 52.3 Å². The molecule has 1 fully saturated rings. The topological polar surface area (TPSA) is 96.8 Å².